The monoisotopic (exact) mass is 307 g/mol. The van der Waals surface area contributed by atoms with Gasteiger partial charge in [0.25, 0.3) is 0 Å². The van der Waals surface area contributed by atoms with E-state index in [9.17, 15) is 0 Å². The first-order valence-electron chi connectivity index (χ1n) is 7.11. The number of hydrogen-bond donors (Lipinski definition) is 2. The summed E-state index contributed by atoms with van der Waals surface area (Å²) in [4.78, 5) is 6.35. The van der Waals surface area contributed by atoms with Gasteiger partial charge in [0.2, 0.25) is 0 Å². The van der Waals surface area contributed by atoms with Crippen molar-refractivity contribution in [3.05, 3.63) is 30.1 Å². The molecule has 1 aromatic rings. The zero-order chi connectivity index (χ0) is 14.8. The predicted octanol–water partition coefficient (Wildman–Crippen LogP) is 0.602. The minimum Gasteiger partial charge on any atom is -0.379 e. The Balaban J connectivity index is 1.54. The normalized spacial score (nSPS) is 16.0. The van der Waals surface area contributed by atoms with E-state index in [4.69, 9.17) is 17.0 Å². The zero-order valence-corrected chi connectivity index (χ0v) is 12.8. The van der Waals surface area contributed by atoms with Crippen molar-refractivity contribution in [3.63, 3.8) is 0 Å². The van der Waals surface area contributed by atoms with Crippen LogP contribution in [0.5, 0.6) is 0 Å². The highest BCUT2D eigenvalue weighted by Crippen LogP contribution is 1.97. The van der Waals surface area contributed by atoms with Crippen LogP contribution in [0.2, 0.25) is 0 Å². The Kier molecular flexibility index (Phi) is 7.06. The molecule has 0 spiro atoms. The number of hydrogen-bond acceptors (Lipinski definition) is 5. The Labute approximate surface area is 130 Å². The summed E-state index contributed by atoms with van der Waals surface area (Å²) >= 11 is 5.16. The van der Waals surface area contributed by atoms with Gasteiger partial charge in [-0.15, -0.1) is 0 Å². The number of ether oxygens (including phenoxy) is 1. The molecule has 2 heterocycles. The van der Waals surface area contributed by atoms with Crippen LogP contribution in [0, 0.1) is 0 Å². The van der Waals surface area contributed by atoms with E-state index in [1.165, 1.54) is 0 Å². The summed E-state index contributed by atoms with van der Waals surface area (Å²) in [5.41, 5.74) is 3.78. The van der Waals surface area contributed by atoms with Gasteiger partial charge in [-0.3, -0.25) is 15.3 Å². The summed E-state index contributed by atoms with van der Waals surface area (Å²) in [6.07, 6.45) is 6.21. The van der Waals surface area contributed by atoms with Gasteiger partial charge in [-0.1, -0.05) is 0 Å². The van der Waals surface area contributed by atoms with Gasteiger partial charge in [-0.25, -0.2) is 0 Å². The molecule has 0 bridgehead atoms. The van der Waals surface area contributed by atoms with Crippen molar-refractivity contribution < 1.29 is 4.74 Å². The van der Waals surface area contributed by atoms with Gasteiger partial charge in [0.1, 0.15) is 0 Å². The first-order valence-corrected chi connectivity index (χ1v) is 7.52. The standard InChI is InChI=1S/C14H21N5OS/c21-14(18-17-12-13-2-5-15-6-3-13)16-4-1-7-19-8-10-20-11-9-19/h2-3,5-6,12H,1,4,7-11H2,(H2,16,18,21)/b17-12+. The molecule has 7 heteroatoms. The van der Waals surface area contributed by atoms with Crippen molar-refractivity contribution in [2.75, 3.05) is 39.4 Å². The molecule has 0 unspecified atom stereocenters. The van der Waals surface area contributed by atoms with Crippen molar-refractivity contribution in [1.29, 1.82) is 0 Å². The van der Waals surface area contributed by atoms with Gasteiger partial charge in [0, 0.05) is 32.0 Å². The maximum atomic E-state index is 5.32. The van der Waals surface area contributed by atoms with E-state index in [0.29, 0.717) is 5.11 Å². The van der Waals surface area contributed by atoms with Crippen LogP contribution in [0.4, 0.5) is 0 Å². The second-order valence-electron chi connectivity index (χ2n) is 4.71. The molecule has 1 saturated heterocycles. The number of morpholine rings is 1. The molecule has 0 aliphatic carbocycles. The molecule has 0 amide bonds. The molecule has 1 aromatic heterocycles. The van der Waals surface area contributed by atoms with Crippen LogP contribution in [0.15, 0.2) is 29.6 Å². The number of nitrogens with zero attached hydrogens (tertiary/aromatic N) is 3. The van der Waals surface area contributed by atoms with E-state index in [0.717, 1.165) is 51.4 Å². The Morgan fingerprint density at radius 2 is 2.14 bits per heavy atom. The van der Waals surface area contributed by atoms with Crippen molar-refractivity contribution in [1.82, 2.24) is 20.6 Å². The highest BCUT2D eigenvalue weighted by atomic mass is 32.1. The van der Waals surface area contributed by atoms with E-state index < -0.39 is 0 Å². The number of hydrazone groups is 1. The van der Waals surface area contributed by atoms with Gasteiger partial charge in [-0.2, -0.15) is 5.10 Å². The average Bonchev–Trinajstić information content (AvgIpc) is 2.54. The fraction of sp³-hybridized carbons (Fsp3) is 0.500. The lowest BCUT2D eigenvalue weighted by molar-refractivity contribution is 0.0376. The predicted molar refractivity (Wildman–Crippen MR) is 87.4 cm³/mol. The summed E-state index contributed by atoms with van der Waals surface area (Å²) in [5, 5.41) is 7.77. The van der Waals surface area contributed by atoms with Crippen LogP contribution in [0.25, 0.3) is 0 Å². The molecule has 114 valence electrons. The van der Waals surface area contributed by atoms with Gasteiger partial charge in [0.05, 0.1) is 19.4 Å². The smallest absolute Gasteiger partial charge is 0.186 e. The van der Waals surface area contributed by atoms with E-state index in [2.05, 4.69) is 25.7 Å². The highest BCUT2D eigenvalue weighted by Gasteiger charge is 2.08. The van der Waals surface area contributed by atoms with Crippen LogP contribution in [-0.2, 0) is 4.74 Å². The number of thiocarbonyl (C=S) groups is 1. The SMILES string of the molecule is S=C(NCCCN1CCOCC1)N/N=C/c1ccncc1. The molecule has 0 aromatic carbocycles. The van der Waals surface area contributed by atoms with E-state index in [1.807, 2.05) is 12.1 Å². The summed E-state index contributed by atoms with van der Waals surface area (Å²) in [7, 11) is 0. The number of rotatable bonds is 6. The largest absolute Gasteiger partial charge is 0.379 e. The molecule has 2 N–H and O–H groups in total. The second-order valence-corrected chi connectivity index (χ2v) is 5.12. The lowest BCUT2D eigenvalue weighted by Gasteiger charge is -2.26. The molecule has 0 saturated carbocycles. The lowest BCUT2D eigenvalue weighted by Crippen LogP contribution is -2.39. The van der Waals surface area contributed by atoms with Crippen LogP contribution in [-0.4, -0.2) is 60.6 Å². The summed E-state index contributed by atoms with van der Waals surface area (Å²) in [6, 6.07) is 3.76. The zero-order valence-electron chi connectivity index (χ0n) is 12.0. The Morgan fingerprint density at radius 3 is 2.90 bits per heavy atom. The lowest BCUT2D eigenvalue weighted by atomic mass is 10.3. The molecule has 6 nitrogen and oxygen atoms in total. The Hall–Kier alpha value is -1.57. The molecule has 21 heavy (non-hydrogen) atoms. The summed E-state index contributed by atoms with van der Waals surface area (Å²) in [6.45, 7) is 5.65. The van der Waals surface area contributed by atoms with Crippen LogP contribution < -0.4 is 10.7 Å². The Bertz CT molecular complexity index is 448. The summed E-state index contributed by atoms with van der Waals surface area (Å²) in [5.74, 6) is 0. The third kappa shape index (κ3) is 6.61. The van der Waals surface area contributed by atoms with E-state index in [-0.39, 0.29) is 0 Å². The molecular weight excluding hydrogens is 286 g/mol. The number of aromatic nitrogens is 1. The maximum Gasteiger partial charge on any atom is 0.186 e. The third-order valence-electron chi connectivity index (χ3n) is 3.13. The quantitative estimate of drug-likeness (QED) is 0.347. The average molecular weight is 307 g/mol. The third-order valence-corrected chi connectivity index (χ3v) is 3.36. The first kappa shape index (κ1) is 15.8. The second kappa shape index (κ2) is 9.38. The molecular formula is C14H21N5OS. The molecule has 2 rings (SSSR count). The molecule has 0 atom stereocenters. The molecule has 1 aliphatic heterocycles. The van der Waals surface area contributed by atoms with Gasteiger partial charge >= 0.3 is 0 Å². The van der Waals surface area contributed by atoms with E-state index in [1.54, 1.807) is 18.6 Å². The van der Waals surface area contributed by atoms with Crippen molar-refractivity contribution in [2.45, 2.75) is 6.42 Å². The molecule has 1 fully saturated rings. The number of pyridine rings is 1. The maximum absolute atomic E-state index is 5.32. The minimum atomic E-state index is 0.544. The van der Waals surface area contributed by atoms with Crippen molar-refractivity contribution in [3.8, 4) is 0 Å². The van der Waals surface area contributed by atoms with Crippen LogP contribution in [0.1, 0.15) is 12.0 Å². The minimum absolute atomic E-state index is 0.544. The van der Waals surface area contributed by atoms with Crippen molar-refractivity contribution >= 4 is 23.5 Å². The fourth-order valence-corrected chi connectivity index (χ4v) is 2.14. The molecule has 0 radical (unpaired) electrons. The highest BCUT2D eigenvalue weighted by molar-refractivity contribution is 7.80. The van der Waals surface area contributed by atoms with Gasteiger partial charge in [-0.05, 0) is 42.9 Å². The van der Waals surface area contributed by atoms with E-state index >= 15 is 0 Å². The number of nitrogens with one attached hydrogen (secondary N) is 2. The van der Waals surface area contributed by atoms with Crippen LogP contribution >= 0.6 is 12.2 Å². The molecule has 1 aliphatic rings. The Morgan fingerprint density at radius 1 is 1.38 bits per heavy atom. The summed E-state index contributed by atoms with van der Waals surface area (Å²) < 4.78 is 5.32. The van der Waals surface area contributed by atoms with Gasteiger partial charge in [0.15, 0.2) is 5.11 Å². The van der Waals surface area contributed by atoms with Crippen molar-refractivity contribution in [2.24, 2.45) is 5.10 Å². The fourth-order valence-electron chi connectivity index (χ4n) is 1.98. The first-order chi connectivity index (χ1) is 10.3. The van der Waals surface area contributed by atoms with Gasteiger partial charge < -0.3 is 10.1 Å². The van der Waals surface area contributed by atoms with Crippen LogP contribution in [0.3, 0.4) is 0 Å². The topological polar surface area (TPSA) is 61.8 Å².